The maximum atomic E-state index is 9.44. The van der Waals surface area contributed by atoms with Gasteiger partial charge in [0.25, 0.3) is 0 Å². The number of nitrogens with zero attached hydrogens (tertiary/aromatic N) is 1. The SMILES string of the molecule is N#Cc1cc(Br)cc(NCC2CCC(O)C2)c1. The molecule has 0 radical (unpaired) electrons. The average Bonchev–Trinajstić information content (AvgIpc) is 2.72. The van der Waals surface area contributed by atoms with Gasteiger partial charge in [-0.2, -0.15) is 5.26 Å². The number of aliphatic hydroxyl groups is 1. The van der Waals surface area contributed by atoms with Crippen LogP contribution in [0.25, 0.3) is 0 Å². The molecule has 2 rings (SSSR count). The number of nitriles is 1. The highest BCUT2D eigenvalue weighted by Crippen LogP contribution is 2.26. The second-order valence-electron chi connectivity index (χ2n) is 4.55. The highest BCUT2D eigenvalue weighted by atomic mass is 79.9. The molecule has 0 amide bonds. The van der Waals surface area contributed by atoms with Gasteiger partial charge in [-0.05, 0) is 43.4 Å². The summed E-state index contributed by atoms with van der Waals surface area (Å²) in [6.45, 7) is 0.860. The third-order valence-electron chi connectivity index (χ3n) is 3.14. The highest BCUT2D eigenvalue weighted by molar-refractivity contribution is 9.10. The number of benzene rings is 1. The van der Waals surface area contributed by atoms with Gasteiger partial charge in [-0.1, -0.05) is 15.9 Å². The Morgan fingerprint density at radius 2 is 2.24 bits per heavy atom. The quantitative estimate of drug-likeness (QED) is 0.901. The van der Waals surface area contributed by atoms with E-state index in [0.717, 1.165) is 36.0 Å². The van der Waals surface area contributed by atoms with Crippen LogP contribution in [0.1, 0.15) is 24.8 Å². The van der Waals surface area contributed by atoms with Crippen LogP contribution in [0.15, 0.2) is 22.7 Å². The first-order valence-electron chi connectivity index (χ1n) is 5.80. The fraction of sp³-hybridized carbons (Fsp3) is 0.462. The maximum absolute atomic E-state index is 9.44. The van der Waals surface area contributed by atoms with Crippen LogP contribution in [0.3, 0.4) is 0 Å². The van der Waals surface area contributed by atoms with Crippen LogP contribution in [0.4, 0.5) is 5.69 Å². The van der Waals surface area contributed by atoms with Gasteiger partial charge in [0.15, 0.2) is 0 Å². The van der Waals surface area contributed by atoms with Crippen molar-refractivity contribution in [1.29, 1.82) is 5.26 Å². The van der Waals surface area contributed by atoms with Gasteiger partial charge < -0.3 is 10.4 Å². The Morgan fingerprint density at radius 3 is 2.88 bits per heavy atom. The van der Waals surface area contributed by atoms with E-state index in [1.165, 1.54) is 0 Å². The van der Waals surface area contributed by atoms with Crippen LogP contribution in [-0.2, 0) is 0 Å². The number of nitrogens with one attached hydrogen (secondary N) is 1. The summed E-state index contributed by atoms with van der Waals surface area (Å²) in [4.78, 5) is 0. The fourth-order valence-electron chi connectivity index (χ4n) is 2.25. The first kappa shape index (κ1) is 12.4. The van der Waals surface area contributed by atoms with Crippen molar-refractivity contribution in [3.63, 3.8) is 0 Å². The number of rotatable bonds is 3. The Balaban J connectivity index is 1.95. The third kappa shape index (κ3) is 3.45. The molecule has 1 aromatic rings. The van der Waals surface area contributed by atoms with Crippen molar-refractivity contribution in [2.24, 2.45) is 5.92 Å². The average molecular weight is 295 g/mol. The Labute approximate surface area is 110 Å². The summed E-state index contributed by atoms with van der Waals surface area (Å²) in [5.41, 5.74) is 1.60. The third-order valence-corrected chi connectivity index (χ3v) is 3.59. The van der Waals surface area contributed by atoms with Crippen LogP contribution in [0, 0.1) is 17.2 Å². The van der Waals surface area contributed by atoms with E-state index in [9.17, 15) is 5.11 Å². The summed E-state index contributed by atoms with van der Waals surface area (Å²) >= 11 is 3.39. The minimum Gasteiger partial charge on any atom is -0.393 e. The lowest BCUT2D eigenvalue weighted by atomic mass is 10.1. The predicted molar refractivity (Wildman–Crippen MR) is 70.7 cm³/mol. The van der Waals surface area contributed by atoms with Gasteiger partial charge in [-0.25, -0.2) is 0 Å². The van der Waals surface area contributed by atoms with Crippen LogP contribution < -0.4 is 5.32 Å². The standard InChI is InChI=1S/C13H15BrN2O/c14-11-3-10(7-15)4-12(6-11)16-8-9-1-2-13(17)5-9/h3-4,6,9,13,16-17H,1-2,5,8H2. The molecule has 1 aromatic carbocycles. The van der Waals surface area contributed by atoms with Gasteiger partial charge in [-0.15, -0.1) is 0 Å². The summed E-state index contributed by atoms with van der Waals surface area (Å²) in [5.74, 6) is 0.537. The zero-order valence-corrected chi connectivity index (χ0v) is 11.1. The van der Waals surface area contributed by atoms with E-state index < -0.39 is 0 Å². The van der Waals surface area contributed by atoms with Crippen molar-refractivity contribution in [2.75, 3.05) is 11.9 Å². The van der Waals surface area contributed by atoms with E-state index >= 15 is 0 Å². The molecule has 0 spiro atoms. The lowest BCUT2D eigenvalue weighted by molar-refractivity contribution is 0.178. The number of hydrogen-bond donors (Lipinski definition) is 2. The molecule has 2 atom stereocenters. The molecular weight excluding hydrogens is 280 g/mol. The first-order chi connectivity index (χ1) is 8.17. The largest absolute Gasteiger partial charge is 0.393 e. The van der Waals surface area contributed by atoms with Gasteiger partial charge in [-0.3, -0.25) is 0 Å². The number of aliphatic hydroxyl groups excluding tert-OH is 1. The second-order valence-corrected chi connectivity index (χ2v) is 5.47. The molecule has 0 aromatic heterocycles. The van der Waals surface area contributed by atoms with Crippen molar-refractivity contribution >= 4 is 21.6 Å². The molecule has 1 aliphatic rings. The van der Waals surface area contributed by atoms with Crippen LogP contribution >= 0.6 is 15.9 Å². The van der Waals surface area contributed by atoms with Crippen molar-refractivity contribution in [3.05, 3.63) is 28.2 Å². The molecule has 90 valence electrons. The normalized spacial score (nSPS) is 23.4. The lowest BCUT2D eigenvalue weighted by Crippen LogP contribution is -2.12. The van der Waals surface area contributed by atoms with E-state index in [1.807, 2.05) is 12.1 Å². The zero-order chi connectivity index (χ0) is 12.3. The topological polar surface area (TPSA) is 56.0 Å². The maximum Gasteiger partial charge on any atom is 0.0992 e. The summed E-state index contributed by atoms with van der Waals surface area (Å²) in [7, 11) is 0. The molecule has 0 aliphatic heterocycles. The van der Waals surface area contributed by atoms with Gasteiger partial charge >= 0.3 is 0 Å². The molecule has 3 nitrogen and oxygen atoms in total. The molecule has 1 aliphatic carbocycles. The summed E-state index contributed by atoms with van der Waals surface area (Å²) in [6, 6.07) is 7.74. The van der Waals surface area contributed by atoms with Crippen molar-refractivity contribution in [1.82, 2.24) is 0 Å². The molecule has 4 heteroatoms. The molecule has 17 heavy (non-hydrogen) atoms. The van der Waals surface area contributed by atoms with E-state index in [0.29, 0.717) is 11.5 Å². The monoisotopic (exact) mass is 294 g/mol. The second kappa shape index (κ2) is 5.52. The van der Waals surface area contributed by atoms with E-state index in [2.05, 4.69) is 27.3 Å². The molecule has 0 saturated heterocycles. The Bertz CT molecular complexity index is 442. The Morgan fingerprint density at radius 1 is 1.41 bits per heavy atom. The molecule has 1 saturated carbocycles. The van der Waals surface area contributed by atoms with Gasteiger partial charge in [0, 0.05) is 16.7 Å². The summed E-state index contributed by atoms with van der Waals surface area (Å²) in [5, 5.41) is 21.6. The van der Waals surface area contributed by atoms with E-state index in [1.54, 1.807) is 6.07 Å². The predicted octanol–water partition coefficient (Wildman–Crippen LogP) is 2.89. The van der Waals surface area contributed by atoms with E-state index in [-0.39, 0.29) is 6.10 Å². The molecular formula is C13H15BrN2O. The summed E-state index contributed by atoms with van der Waals surface area (Å²) in [6.07, 6.45) is 2.74. The fourth-order valence-corrected chi connectivity index (χ4v) is 2.75. The van der Waals surface area contributed by atoms with Crippen molar-refractivity contribution < 1.29 is 5.11 Å². The Kier molecular flexibility index (Phi) is 4.03. The van der Waals surface area contributed by atoms with Gasteiger partial charge in [0.05, 0.1) is 17.7 Å². The van der Waals surface area contributed by atoms with Gasteiger partial charge in [0.2, 0.25) is 0 Å². The Hall–Kier alpha value is -1.05. The van der Waals surface area contributed by atoms with Crippen LogP contribution in [0.5, 0.6) is 0 Å². The van der Waals surface area contributed by atoms with Crippen LogP contribution in [-0.4, -0.2) is 17.8 Å². The molecule has 0 heterocycles. The van der Waals surface area contributed by atoms with Gasteiger partial charge in [0.1, 0.15) is 0 Å². The molecule has 2 N–H and O–H groups in total. The molecule has 2 unspecified atom stereocenters. The lowest BCUT2D eigenvalue weighted by Gasteiger charge is -2.12. The smallest absolute Gasteiger partial charge is 0.0992 e. The minimum absolute atomic E-state index is 0.126. The van der Waals surface area contributed by atoms with Crippen molar-refractivity contribution in [3.8, 4) is 6.07 Å². The molecule has 0 bridgehead atoms. The number of halogens is 1. The van der Waals surface area contributed by atoms with Crippen molar-refractivity contribution in [2.45, 2.75) is 25.4 Å². The van der Waals surface area contributed by atoms with Crippen LogP contribution in [0.2, 0.25) is 0 Å². The van der Waals surface area contributed by atoms with E-state index in [4.69, 9.17) is 5.26 Å². The number of hydrogen-bond acceptors (Lipinski definition) is 3. The number of anilines is 1. The zero-order valence-electron chi connectivity index (χ0n) is 9.49. The molecule has 1 fully saturated rings. The highest BCUT2D eigenvalue weighted by Gasteiger charge is 2.22. The first-order valence-corrected chi connectivity index (χ1v) is 6.59. The summed E-state index contributed by atoms with van der Waals surface area (Å²) < 4.78 is 0.908. The minimum atomic E-state index is -0.126.